The Kier molecular flexibility index (Phi) is 3.81. The van der Waals surface area contributed by atoms with Crippen molar-refractivity contribution in [2.75, 3.05) is 5.32 Å². The Labute approximate surface area is 140 Å². The van der Waals surface area contributed by atoms with Crippen LogP contribution in [0, 0.1) is 24.3 Å². The maximum atomic E-state index is 12.6. The minimum absolute atomic E-state index is 0.251. The van der Waals surface area contributed by atoms with Gasteiger partial charge in [0.25, 0.3) is 11.6 Å². The van der Waals surface area contributed by atoms with E-state index in [-0.39, 0.29) is 5.91 Å². The number of carbonyl (C=O) groups is 1. The SMILES string of the molecule is Cc1cc(C(=O)Nc2ncc(I)cc2C)c2c(C)noc2n1. The van der Waals surface area contributed by atoms with Crippen molar-refractivity contribution in [2.45, 2.75) is 20.8 Å². The molecule has 1 N–H and O–H groups in total. The molecule has 0 fully saturated rings. The number of aryl methyl sites for hydroxylation is 3. The van der Waals surface area contributed by atoms with E-state index in [4.69, 9.17) is 4.52 Å². The molecule has 112 valence electrons. The third-order valence-corrected chi connectivity index (χ3v) is 3.86. The van der Waals surface area contributed by atoms with Crippen molar-refractivity contribution in [1.29, 1.82) is 0 Å². The van der Waals surface area contributed by atoms with Crippen LogP contribution in [0.5, 0.6) is 0 Å². The van der Waals surface area contributed by atoms with E-state index in [0.29, 0.717) is 33.9 Å². The molecular formula is C15H13IN4O2. The summed E-state index contributed by atoms with van der Waals surface area (Å²) in [7, 11) is 0. The van der Waals surface area contributed by atoms with Crippen molar-refractivity contribution in [1.82, 2.24) is 15.1 Å². The van der Waals surface area contributed by atoms with Gasteiger partial charge in [0.1, 0.15) is 5.82 Å². The zero-order valence-electron chi connectivity index (χ0n) is 12.3. The number of aromatic nitrogens is 3. The van der Waals surface area contributed by atoms with E-state index < -0.39 is 0 Å². The van der Waals surface area contributed by atoms with Crippen LogP contribution in [0.3, 0.4) is 0 Å². The number of carbonyl (C=O) groups excluding carboxylic acids is 1. The van der Waals surface area contributed by atoms with E-state index >= 15 is 0 Å². The number of anilines is 1. The molecule has 3 aromatic rings. The van der Waals surface area contributed by atoms with Crippen LogP contribution in [0.4, 0.5) is 5.82 Å². The Morgan fingerprint density at radius 1 is 1.27 bits per heavy atom. The van der Waals surface area contributed by atoms with Gasteiger partial charge in [-0.25, -0.2) is 9.97 Å². The van der Waals surface area contributed by atoms with Gasteiger partial charge in [0.15, 0.2) is 0 Å². The number of halogens is 1. The second kappa shape index (κ2) is 5.64. The van der Waals surface area contributed by atoms with Gasteiger partial charge in [0, 0.05) is 15.5 Å². The highest BCUT2D eigenvalue weighted by molar-refractivity contribution is 14.1. The van der Waals surface area contributed by atoms with Crippen molar-refractivity contribution >= 4 is 45.4 Å². The van der Waals surface area contributed by atoms with E-state index in [1.807, 2.05) is 19.9 Å². The first-order valence-electron chi connectivity index (χ1n) is 6.63. The van der Waals surface area contributed by atoms with Gasteiger partial charge in [-0.1, -0.05) is 5.16 Å². The molecule has 3 heterocycles. The molecule has 7 heteroatoms. The molecule has 0 aliphatic carbocycles. The number of amides is 1. The first kappa shape index (κ1) is 14.9. The quantitative estimate of drug-likeness (QED) is 0.658. The summed E-state index contributed by atoms with van der Waals surface area (Å²) in [4.78, 5) is 21.1. The van der Waals surface area contributed by atoms with E-state index in [9.17, 15) is 4.79 Å². The predicted octanol–water partition coefficient (Wildman–Crippen LogP) is 3.40. The molecule has 0 unspecified atom stereocenters. The topological polar surface area (TPSA) is 80.9 Å². The van der Waals surface area contributed by atoms with Gasteiger partial charge in [0.05, 0.1) is 16.6 Å². The number of hydrogen-bond donors (Lipinski definition) is 1. The molecule has 0 aliphatic heterocycles. The highest BCUT2D eigenvalue weighted by Gasteiger charge is 2.18. The first-order valence-corrected chi connectivity index (χ1v) is 7.70. The summed E-state index contributed by atoms with van der Waals surface area (Å²) in [6.45, 7) is 5.50. The molecule has 0 radical (unpaired) electrons. The average molecular weight is 408 g/mol. The zero-order valence-corrected chi connectivity index (χ0v) is 14.4. The van der Waals surface area contributed by atoms with Gasteiger partial charge in [-0.2, -0.15) is 0 Å². The molecule has 0 aliphatic rings. The average Bonchev–Trinajstić information content (AvgIpc) is 2.82. The lowest BCUT2D eigenvalue weighted by Gasteiger charge is -2.08. The Hall–Kier alpha value is -2.03. The minimum Gasteiger partial charge on any atom is -0.336 e. The maximum Gasteiger partial charge on any atom is 0.258 e. The van der Waals surface area contributed by atoms with Crippen molar-refractivity contribution in [3.63, 3.8) is 0 Å². The Bertz CT molecular complexity index is 889. The van der Waals surface area contributed by atoms with Crippen molar-refractivity contribution < 1.29 is 9.32 Å². The molecule has 0 spiro atoms. The lowest BCUT2D eigenvalue weighted by atomic mass is 10.1. The van der Waals surface area contributed by atoms with Gasteiger partial charge in [-0.15, -0.1) is 0 Å². The standard InChI is InChI=1S/C15H13IN4O2/c1-7-4-10(16)6-17-13(7)19-14(21)11-5-8(2)18-15-12(11)9(3)20-22-15/h4-6H,1-3H3,(H,17,19,21). The third kappa shape index (κ3) is 2.68. The van der Waals surface area contributed by atoms with Gasteiger partial charge in [0.2, 0.25) is 0 Å². The number of hydrogen-bond acceptors (Lipinski definition) is 5. The Balaban J connectivity index is 2.03. The Morgan fingerprint density at radius 3 is 2.77 bits per heavy atom. The summed E-state index contributed by atoms with van der Waals surface area (Å²) >= 11 is 2.18. The summed E-state index contributed by atoms with van der Waals surface area (Å²) in [5, 5.41) is 7.35. The zero-order chi connectivity index (χ0) is 15.9. The monoisotopic (exact) mass is 408 g/mol. The van der Waals surface area contributed by atoms with E-state index in [0.717, 1.165) is 9.13 Å². The number of nitrogens with zero attached hydrogens (tertiary/aromatic N) is 3. The van der Waals surface area contributed by atoms with Gasteiger partial charge in [-0.3, -0.25) is 4.79 Å². The Morgan fingerprint density at radius 2 is 2.05 bits per heavy atom. The summed E-state index contributed by atoms with van der Waals surface area (Å²) in [6.07, 6.45) is 1.71. The molecule has 0 atom stereocenters. The van der Waals surface area contributed by atoms with Crippen LogP contribution in [-0.4, -0.2) is 21.0 Å². The van der Waals surface area contributed by atoms with Crippen LogP contribution >= 0.6 is 22.6 Å². The molecular weight excluding hydrogens is 395 g/mol. The number of fused-ring (bicyclic) bond motifs is 1. The second-order valence-electron chi connectivity index (χ2n) is 5.03. The molecule has 6 nitrogen and oxygen atoms in total. The van der Waals surface area contributed by atoms with Crippen LogP contribution in [0.2, 0.25) is 0 Å². The molecule has 1 amide bonds. The second-order valence-corrected chi connectivity index (χ2v) is 6.28. The molecule has 0 saturated carbocycles. The van der Waals surface area contributed by atoms with Gasteiger partial charge >= 0.3 is 0 Å². The third-order valence-electron chi connectivity index (χ3n) is 3.27. The first-order chi connectivity index (χ1) is 10.5. The number of nitrogens with one attached hydrogen (secondary N) is 1. The summed E-state index contributed by atoms with van der Waals surface area (Å²) in [5.41, 5.74) is 3.10. The van der Waals surface area contributed by atoms with Crippen LogP contribution in [0.25, 0.3) is 11.1 Å². The fraction of sp³-hybridized carbons (Fsp3) is 0.200. The summed E-state index contributed by atoms with van der Waals surface area (Å²) in [5.74, 6) is 0.292. The van der Waals surface area contributed by atoms with E-state index in [1.54, 1.807) is 19.2 Å². The van der Waals surface area contributed by atoms with Crippen molar-refractivity contribution in [3.05, 3.63) is 44.4 Å². The number of rotatable bonds is 2. The lowest BCUT2D eigenvalue weighted by molar-refractivity contribution is 0.102. The normalized spacial score (nSPS) is 10.9. The molecule has 3 aromatic heterocycles. The van der Waals surface area contributed by atoms with Crippen LogP contribution in [0.15, 0.2) is 22.9 Å². The van der Waals surface area contributed by atoms with E-state index in [2.05, 4.69) is 43.0 Å². The van der Waals surface area contributed by atoms with Crippen molar-refractivity contribution in [3.8, 4) is 0 Å². The van der Waals surface area contributed by atoms with E-state index in [1.165, 1.54) is 0 Å². The lowest BCUT2D eigenvalue weighted by Crippen LogP contribution is -2.15. The predicted molar refractivity (Wildman–Crippen MR) is 90.9 cm³/mol. The molecule has 3 rings (SSSR count). The fourth-order valence-electron chi connectivity index (χ4n) is 2.24. The molecule has 0 saturated heterocycles. The highest BCUT2D eigenvalue weighted by atomic mass is 127. The summed E-state index contributed by atoms with van der Waals surface area (Å²) in [6, 6.07) is 3.69. The van der Waals surface area contributed by atoms with Crippen LogP contribution in [-0.2, 0) is 0 Å². The van der Waals surface area contributed by atoms with Crippen LogP contribution < -0.4 is 5.32 Å². The van der Waals surface area contributed by atoms with Gasteiger partial charge in [-0.05, 0) is 61.1 Å². The smallest absolute Gasteiger partial charge is 0.258 e. The maximum absolute atomic E-state index is 12.6. The molecule has 22 heavy (non-hydrogen) atoms. The fourth-order valence-corrected chi connectivity index (χ4v) is 2.85. The van der Waals surface area contributed by atoms with Crippen molar-refractivity contribution in [2.24, 2.45) is 0 Å². The molecule has 0 aromatic carbocycles. The molecule has 0 bridgehead atoms. The largest absolute Gasteiger partial charge is 0.336 e. The van der Waals surface area contributed by atoms with Gasteiger partial charge < -0.3 is 9.84 Å². The van der Waals surface area contributed by atoms with Crippen LogP contribution in [0.1, 0.15) is 27.3 Å². The minimum atomic E-state index is -0.251. The summed E-state index contributed by atoms with van der Waals surface area (Å²) < 4.78 is 6.17. The highest BCUT2D eigenvalue weighted by Crippen LogP contribution is 2.23. The number of pyridine rings is 2.